The van der Waals surface area contributed by atoms with Gasteiger partial charge in [0, 0.05) is 13.1 Å². The van der Waals surface area contributed by atoms with E-state index < -0.39 is 5.60 Å². The average molecular weight is 395 g/mol. The SMILES string of the molecule is CC.CCC(C)(C)OC(=O)N1CCc2cc(Oc3ccc(C#N)cc3)ccc2C1. The number of nitriles is 1. The first kappa shape index (κ1) is 22.3. The number of hydrogen-bond donors (Lipinski definition) is 0. The quantitative estimate of drug-likeness (QED) is 0.632. The van der Waals surface area contributed by atoms with Crippen molar-refractivity contribution in [2.75, 3.05) is 6.54 Å². The highest BCUT2D eigenvalue weighted by atomic mass is 16.6. The molecule has 0 spiro atoms. The van der Waals surface area contributed by atoms with Gasteiger partial charge in [0.15, 0.2) is 0 Å². The molecule has 0 saturated carbocycles. The summed E-state index contributed by atoms with van der Waals surface area (Å²) in [6.45, 7) is 11.0. The topological polar surface area (TPSA) is 62.6 Å². The predicted octanol–water partition coefficient (Wildman–Crippen LogP) is 6.06. The van der Waals surface area contributed by atoms with Gasteiger partial charge in [-0.3, -0.25) is 0 Å². The number of ether oxygens (including phenoxy) is 2. The smallest absolute Gasteiger partial charge is 0.410 e. The summed E-state index contributed by atoms with van der Waals surface area (Å²) in [6.07, 6.45) is 1.28. The second-order valence-electron chi connectivity index (χ2n) is 7.32. The second-order valence-corrected chi connectivity index (χ2v) is 7.32. The number of carbonyl (C=O) groups excluding carboxylic acids is 1. The monoisotopic (exact) mass is 394 g/mol. The molecule has 1 aliphatic rings. The molecule has 0 N–H and O–H groups in total. The fourth-order valence-electron chi connectivity index (χ4n) is 2.86. The minimum absolute atomic E-state index is 0.259. The van der Waals surface area contributed by atoms with Crippen molar-refractivity contribution < 1.29 is 14.3 Å². The zero-order valence-corrected chi connectivity index (χ0v) is 18.0. The zero-order chi connectivity index (χ0) is 21.4. The van der Waals surface area contributed by atoms with Crippen molar-refractivity contribution in [3.05, 3.63) is 59.2 Å². The van der Waals surface area contributed by atoms with Crippen LogP contribution in [0.5, 0.6) is 11.5 Å². The minimum Gasteiger partial charge on any atom is -0.457 e. The van der Waals surface area contributed by atoms with Crippen LogP contribution < -0.4 is 4.74 Å². The lowest BCUT2D eigenvalue weighted by atomic mass is 9.99. The third kappa shape index (κ3) is 5.99. The average Bonchev–Trinajstić information content (AvgIpc) is 2.75. The van der Waals surface area contributed by atoms with Gasteiger partial charge in [0.05, 0.1) is 11.6 Å². The van der Waals surface area contributed by atoms with Gasteiger partial charge >= 0.3 is 6.09 Å². The molecule has 0 unspecified atom stereocenters. The fraction of sp³-hybridized carbons (Fsp3) is 0.417. The zero-order valence-electron chi connectivity index (χ0n) is 18.0. The van der Waals surface area contributed by atoms with Crippen molar-refractivity contribution in [2.24, 2.45) is 0 Å². The summed E-state index contributed by atoms with van der Waals surface area (Å²) in [5, 5.41) is 8.86. The van der Waals surface area contributed by atoms with Crippen LogP contribution in [0.4, 0.5) is 4.79 Å². The van der Waals surface area contributed by atoms with Gasteiger partial charge in [0.1, 0.15) is 17.1 Å². The van der Waals surface area contributed by atoms with Gasteiger partial charge < -0.3 is 14.4 Å². The Morgan fingerprint density at radius 1 is 1.10 bits per heavy atom. The van der Waals surface area contributed by atoms with Gasteiger partial charge in [0.25, 0.3) is 0 Å². The maximum absolute atomic E-state index is 12.4. The van der Waals surface area contributed by atoms with Crippen LogP contribution in [-0.4, -0.2) is 23.1 Å². The predicted molar refractivity (Wildman–Crippen MR) is 114 cm³/mol. The Morgan fingerprint density at radius 3 is 2.38 bits per heavy atom. The number of amides is 1. The van der Waals surface area contributed by atoms with Crippen LogP contribution in [0.15, 0.2) is 42.5 Å². The first-order valence-corrected chi connectivity index (χ1v) is 10.2. The van der Waals surface area contributed by atoms with E-state index in [0.717, 1.165) is 24.2 Å². The molecule has 5 nitrogen and oxygen atoms in total. The normalized spacial score (nSPS) is 12.8. The van der Waals surface area contributed by atoms with Gasteiger partial charge in [-0.05, 0) is 74.2 Å². The van der Waals surface area contributed by atoms with Gasteiger partial charge in [-0.25, -0.2) is 4.79 Å². The van der Waals surface area contributed by atoms with Gasteiger partial charge in [-0.2, -0.15) is 5.26 Å². The van der Waals surface area contributed by atoms with Gasteiger partial charge in [-0.15, -0.1) is 0 Å². The molecule has 1 heterocycles. The Bertz CT molecular complexity index is 867. The van der Waals surface area contributed by atoms with E-state index in [-0.39, 0.29) is 6.09 Å². The van der Waals surface area contributed by atoms with Crippen molar-refractivity contribution in [2.45, 2.75) is 59.6 Å². The summed E-state index contributed by atoms with van der Waals surface area (Å²) in [5.74, 6) is 1.44. The van der Waals surface area contributed by atoms with Crippen molar-refractivity contribution >= 4 is 6.09 Å². The molecule has 5 heteroatoms. The van der Waals surface area contributed by atoms with E-state index in [1.54, 1.807) is 29.2 Å². The van der Waals surface area contributed by atoms with E-state index in [4.69, 9.17) is 14.7 Å². The number of rotatable bonds is 4. The van der Waals surface area contributed by atoms with Gasteiger partial charge in [0.2, 0.25) is 0 Å². The molecule has 0 aromatic heterocycles. The number of carbonyl (C=O) groups is 1. The molecule has 1 aliphatic heterocycles. The Labute approximate surface area is 173 Å². The molecular formula is C24H30N2O3. The molecule has 2 aromatic carbocycles. The highest BCUT2D eigenvalue weighted by molar-refractivity contribution is 5.68. The second kappa shape index (κ2) is 9.97. The van der Waals surface area contributed by atoms with Crippen LogP contribution in [0, 0.1) is 11.3 Å². The van der Waals surface area contributed by atoms with Crippen LogP contribution in [-0.2, 0) is 17.7 Å². The highest BCUT2D eigenvalue weighted by Crippen LogP contribution is 2.28. The van der Waals surface area contributed by atoms with Crippen LogP contribution in [0.3, 0.4) is 0 Å². The van der Waals surface area contributed by atoms with Gasteiger partial charge in [-0.1, -0.05) is 26.8 Å². The third-order valence-electron chi connectivity index (χ3n) is 4.88. The van der Waals surface area contributed by atoms with E-state index in [2.05, 4.69) is 6.07 Å². The van der Waals surface area contributed by atoms with E-state index in [1.165, 1.54) is 5.56 Å². The summed E-state index contributed by atoms with van der Waals surface area (Å²) < 4.78 is 11.5. The fourth-order valence-corrected chi connectivity index (χ4v) is 2.86. The lowest BCUT2D eigenvalue weighted by Crippen LogP contribution is -2.40. The first-order chi connectivity index (χ1) is 13.9. The summed E-state index contributed by atoms with van der Waals surface area (Å²) >= 11 is 0. The summed E-state index contributed by atoms with van der Waals surface area (Å²) in [5.41, 5.74) is 2.45. The molecule has 0 saturated heterocycles. The Morgan fingerprint density at radius 2 is 1.76 bits per heavy atom. The Balaban J connectivity index is 0.00000145. The van der Waals surface area contributed by atoms with E-state index >= 15 is 0 Å². The van der Waals surface area contributed by atoms with Crippen molar-refractivity contribution in [1.29, 1.82) is 5.26 Å². The lowest BCUT2D eigenvalue weighted by Gasteiger charge is -2.32. The molecule has 1 amide bonds. The molecule has 0 atom stereocenters. The van der Waals surface area contributed by atoms with Crippen LogP contribution in [0.2, 0.25) is 0 Å². The molecule has 0 aliphatic carbocycles. The number of fused-ring (bicyclic) bond motifs is 1. The maximum Gasteiger partial charge on any atom is 0.410 e. The van der Waals surface area contributed by atoms with Crippen molar-refractivity contribution in [3.8, 4) is 17.6 Å². The molecule has 3 rings (SSSR count). The number of nitrogens with zero attached hydrogens (tertiary/aromatic N) is 2. The lowest BCUT2D eigenvalue weighted by molar-refractivity contribution is 0.00907. The summed E-state index contributed by atoms with van der Waals surface area (Å²) in [4.78, 5) is 14.1. The van der Waals surface area contributed by atoms with E-state index in [9.17, 15) is 4.79 Å². The minimum atomic E-state index is -0.448. The van der Waals surface area contributed by atoms with E-state index in [0.29, 0.717) is 24.4 Å². The molecular weight excluding hydrogens is 364 g/mol. The van der Waals surface area contributed by atoms with Crippen molar-refractivity contribution in [3.63, 3.8) is 0 Å². The Hall–Kier alpha value is -3.00. The summed E-state index contributed by atoms with van der Waals surface area (Å²) in [7, 11) is 0. The molecule has 0 fully saturated rings. The van der Waals surface area contributed by atoms with Crippen LogP contribution in [0.25, 0.3) is 0 Å². The maximum atomic E-state index is 12.4. The molecule has 29 heavy (non-hydrogen) atoms. The molecule has 0 bridgehead atoms. The largest absolute Gasteiger partial charge is 0.457 e. The number of hydrogen-bond acceptors (Lipinski definition) is 4. The highest BCUT2D eigenvalue weighted by Gasteiger charge is 2.27. The van der Waals surface area contributed by atoms with E-state index in [1.807, 2.05) is 52.8 Å². The standard InChI is InChI=1S/C22H24N2O3.C2H6/c1-4-22(2,3)27-21(25)24-12-11-17-13-20(10-7-18(17)15-24)26-19-8-5-16(14-23)6-9-19;1-2/h5-10,13H,4,11-12,15H2,1-3H3;1-2H3. The van der Waals surface area contributed by atoms with Crippen molar-refractivity contribution in [1.82, 2.24) is 4.90 Å². The molecule has 2 aromatic rings. The molecule has 154 valence electrons. The third-order valence-corrected chi connectivity index (χ3v) is 4.88. The number of benzene rings is 2. The van der Waals surface area contributed by atoms with Crippen LogP contribution >= 0.6 is 0 Å². The first-order valence-electron chi connectivity index (χ1n) is 10.2. The summed E-state index contributed by atoms with van der Waals surface area (Å²) in [6, 6.07) is 15.0. The molecule has 0 radical (unpaired) electrons. The van der Waals surface area contributed by atoms with Crippen LogP contribution in [0.1, 0.15) is 57.7 Å². The Kier molecular flexibility index (Phi) is 7.67.